The Morgan fingerprint density at radius 3 is 2.77 bits per heavy atom. The summed E-state index contributed by atoms with van der Waals surface area (Å²) in [6, 6.07) is 1.68. The molecule has 3 rings (SSSR count). The van der Waals surface area contributed by atoms with Gasteiger partial charge in [0, 0.05) is 12.6 Å². The number of pyridine rings is 1. The predicted octanol–water partition coefficient (Wildman–Crippen LogP) is 3.72. The van der Waals surface area contributed by atoms with Gasteiger partial charge in [0.25, 0.3) is 5.69 Å². The van der Waals surface area contributed by atoms with Crippen molar-refractivity contribution >= 4 is 14.0 Å². The van der Waals surface area contributed by atoms with Gasteiger partial charge in [0.15, 0.2) is 0 Å². The highest BCUT2D eigenvalue weighted by molar-refractivity contribution is 6.70. The summed E-state index contributed by atoms with van der Waals surface area (Å²) in [5, 5.41) is 11.2. The third-order valence-electron chi connectivity index (χ3n) is 3.74. The van der Waals surface area contributed by atoms with Crippen LogP contribution in [0.3, 0.4) is 0 Å². The average Bonchev–Trinajstić information content (AvgIpc) is 3.14. The molecule has 0 bridgehead atoms. The zero-order valence-corrected chi connectivity index (χ0v) is 14.0. The molecule has 1 aliphatic heterocycles. The van der Waals surface area contributed by atoms with Crippen LogP contribution in [0.2, 0.25) is 19.6 Å². The van der Waals surface area contributed by atoms with Crippen LogP contribution in [0.25, 0.3) is 0 Å². The number of rotatable bonds is 4. The summed E-state index contributed by atoms with van der Waals surface area (Å²) in [7, 11) is -1.72. The Morgan fingerprint density at radius 1 is 1.45 bits per heavy atom. The number of nitro groups is 1. The summed E-state index contributed by atoms with van der Waals surface area (Å²) in [6.45, 7) is 6.40. The number of aromatic nitrogens is 1. The second-order valence-corrected chi connectivity index (χ2v) is 11.3. The molecule has 1 saturated carbocycles. The molecular formula is C15H20N2O4Si. The van der Waals surface area contributed by atoms with E-state index in [1.807, 2.05) is 0 Å². The van der Waals surface area contributed by atoms with Crippen molar-refractivity contribution in [1.82, 2.24) is 4.98 Å². The molecule has 0 amide bonds. The molecule has 22 heavy (non-hydrogen) atoms. The number of ether oxygens (including phenoxy) is 1. The highest BCUT2D eigenvalue weighted by atomic mass is 28.4. The Balaban J connectivity index is 1.91. The Hall–Kier alpha value is -1.73. The molecule has 1 aliphatic carbocycles. The quantitative estimate of drug-likeness (QED) is 0.480. The van der Waals surface area contributed by atoms with E-state index in [9.17, 15) is 10.1 Å². The van der Waals surface area contributed by atoms with Crippen molar-refractivity contribution in [2.75, 3.05) is 0 Å². The molecule has 0 unspecified atom stereocenters. The maximum absolute atomic E-state index is 11.2. The van der Waals surface area contributed by atoms with Gasteiger partial charge in [0.1, 0.15) is 6.20 Å². The predicted molar refractivity (Wildman–Crippen MR) is 83.8 cm³/mol. The summed E-state index contributed by atoms with van der Waals surface area (Å²) in [5.41, 5.74) is 0.309. The molecule has 2 aliphatic rings. The maximum Gasteiger partial charge on any atom is 0.293 e. The van der Waals surface area contributed by atoms with Gasteiger partial charge < -0.3 is 9.16 Å². The molecule has 1 fully saturated rings. The molecule has 1 aromatic heterocycles. The van der Waals surface area contributed by atoms with E-state index in [-0.39, 0.29) is 17.4 Å². The normalized spacial score (nSPS) is 23.0. The van der Waals surface area contributed by atoms with Crippen LogP contribution in [0, 0.1) is 10.1 Å². The molecule has 6 nitrogen and oxygen atoms in total. The van der Waals surface area contributed by atoms with Gasteiger partial charge >= 0.3 is 0 Å². The molecule has 0 aromatic carbocycles. The van der Waals surface area contributed by atoms with Crippen LogP contribution in [-0.4, -0.2) is 23.8 Å². The Labute approximate surface area is 130 Å². The van der Waals surface area contributed by atoms with E-state index in [0.29, 0.717) is 12.0 Å². The van der Waals surface area contributed by atoms with Gasteiger partial charge in [0.2, 0.25) is 8.32 Å². The van der Waals surface area contributed by atoms with Crippen LogP contribution in [0.1, 0.15) is 30.9 Å². The van der Waals surface area contributed by atoms with Gasteiger partial charge in [-0.25, -0.2) is 0 Å². The van der Waals surface area contributed by atoms with Crippen LogP contribution in [0.5, 0.6) is 0 Å². The van der Waals surface area contributed by atoms with E-state index in [1.165, 1.54) is 6.20 Å². The van der Waals surface area contributed by atoms with Gasteiger partial charge in [0.05, 0.1) is 28.0 Å². The molecule has 1 spiro atoms. The zero-order valence-electron chi connectivity index (χ0n) is 13.0. The third-order valence-corrected chi connectivity index (χ3v) is 4.62. The molecule has 0 N–H and O–H groups in total. The number of nitrogens with zero attached hydrogens (tertiary/aromatic N) is 2. The van der Waals surface area contributed by atoms with Crippen LogP contribution < -0.4 is 0 Å². The Bertz CT molecular complexity index is 635. The van der Waals surface area contributed by atoms with E-state index in [0.717, 1.165) is 18.6 Å². The van der Waals surface area contributed by atoms with Gasteiger partial charge in [-0.15, -0.1) is 0 Å². The van der Waals surface area contributed by atoms with Gasteiger partial charge in [-0.1, -0.05) is 0 Å². The van der Waals surface area contributed by atoms with Gasteiger partial charge in [-0.05, 0) is 44.6 Å². The lowest BCUT2D eigenvalue weighted by Crippen LogP contribution is -2.30. The van der Waals surface area contributed by atoms with Crippen molar-refractivity contribution in [2.45, 2.75) is 50.6 Å². The third kappa shape index (κ3) is 3.20. The van der Waals surface area contributed by atoms with Gasteiger partial charge in [-0.3, -0.25) is 15.1 Å². The Morgan fingerprint density at radius 2 is 2.18 bits per heavy atom. The lowest BCUT2D eigenvalue weighted by Gasteiger charge is -2.32. The molecule has 1 atom stereocenters. The topological polar surface area (TPSA) is 74.5 Å². The molecule has 0 saturated heterocycles. The van der Waals surface area contributed by atoms with Crippen LogP contribution in [0.4, 0.5) is 5.69 Å². The molecule has 7 heteroatoms. The van der Waals surface area contributed by atoms with Crippen molar-refractivity contribution in [3.05, 3.63) is 46.0 Å². The standard InChI is InChI=1S/C15H20N2O4Si/c1-22(2,3)21-11-8-14(20-15(9-11)5-6-15)12-4-7-16-10-13(12)17(18)19/h4,7,9-10,14H,5-6,8H2,1-3H3/t14-/m1/s1. The van der Waals surface area contributed by atoms with Crippen LogP contribution in [-0.2, 0) is 9.16 Å². The SMILES string of the molecule is C[Si](C)(C)OC1=CC2(CC2)O[C@@H](c2ccncc2[N+](=O)[O-])C1. The summed E-state index contributed by atoms with van der Waals surface area (Å²) in [4.78, 5) is 14.7. The Kier molecular flexibility index (Phi) is 3.57. The zero-order chi connectivity index (χ0) is 16.0. The van der Waals surface area contributed by atoms with Gasteiger partial charge in [-0.2, -0.15) is 0 Å². The largest absolute Gasteiger partial charge is 0.547 e. The lowest BCUT2D eigenvalue weighted by molar-refractivity contribution is -0.386. The van der Waals surface area contributed by atoms with E-state index in [2.05, 4.69) is 30.7 Å². The van der Waals surface area contributed by atoms with Crippen molar-refractivity contribution < 1.29 is 14.1 Å². The monoisotopic (exact) mass is 320 g/mol. The first-order valence-electron chi connectivity index (χ1n) is 7.45. The fourth-order valence-electron chi connectivity index (χ4n) is 2.74. The summed E-state index contributed by atoms with van der Waals surface area (Å²) in [5.74, 6) is 0.916. The maximum atomic E-state index is 11.2. The van der Waals surface area contributed by atoms with E-state index in [4.69, 9.17) is 9.16 Å². The van der Waals surface area contributed by atoms with Crippen LogP contribution in [0.15, 0.2) is 30.3 Å². The van der Waals surface area contributed by atoms with Crippen molar-refractivity contribution in [3.8, 4) is 0 Å². The molecule has 0 radical (unpaired) electrons. The minimum atomic E-state index is -1.72. The first-order chi connectivity index (χ1) is 10.3. The first-order valence-corrected chi connectivity index (χ1v) is 10.9. The molecule has 118 valence electrons. The molecule has 1 aromatic rings. The highest BCUT2D eigenvalue weighted by Crippen LogP contribution is 2.51. The average molecular weight is 320 g/mol. The molecule has 2 heterocycles. The highest BCUT2D eigenvalue weighted by Gasteiger charge is 2.48. The minimum absolute atomic E-state index is 0.0116. The minimum Gasteiger partial charge on any atom is -0.547 e. The van der Waals surface area contributed by atoms with E-state index >= 15 is 0 Å². The van der Waals surface area contributed by atoms with Crippen LogP contribution >= 0.6 is 0 Å². The lowest BCUT2D eigenvalue weighted by atomic mass is 10.0. The van der Waals surface area contributed by atoms with Crippen molar-refractivity contribution in [2.24, 2.45) is 0 Å². The second-order valence-electron chi connectivity index (χ2n) is 6.89. The van der Waals surface area contributed by atoms with Crippen molar-refractivity contribution in [3.63, 3.8) is 0 Å². The number of hydrogen-bond acceptors (Lipinski definition) is 5. The fourth-order valence-corrected chi connectivity index (χ4v) is 3.67. The second kappa shape index (κ2) is 5.17. The fraction of sp³-hybridized carbons (Fsp3) is 0.533. The summed E-state index contributed by atoms with van der Waals surface area (Å²) >= 11 is 0. The smallest absolute Gasteiger partial charge is 0.293 e. The van der Waals surface area contributed by atoms with E-state index < -0.39 is 13.2 Å². The first kappa shape index (κ1) is 15.2. The summed E-state index contributed by atoms with van der Waals surface area (Å²) < 4.78 is 12.3. The van der Waals surface area contributed by atoms with E-state index in [1.54, 1.807) is 12.3 Å². The van der Waals surface area contributed by atoms with Crippen molar-refractivity contribution in [1.29, 1.82) is 0 Å². The number of hydrogen-bond donors (Lipinski definition) is 0. The summed E-state index contributed by atoms with van der Waals surface area (Å²) in [6.07, 6.45) is 7.02. The molecular weight excluding hydrogens is 300 g/mol.